The fourth-order valence-corrected chi connectivity index (χ4v) is 2.79. The highest BCUT2D eigenvalue weighted by atomic mass is 19.3. The molecule has 1 unspecified atom stereocenters. The van der Waals surface area contributed by atoms with Crippen LogP contribution in [0, 0.1) is 17.3 Å². The number of alkyl halides is 2. The second kappa shape index (κ2) is 2.22. The van der Waals surface area contributed by atoms with Crippen molar-refractivity contribution in [2.75, 3.05) is 0 Å². The Morgan fingerprint density at radius 2 is 2.08 bits per heavy atom. The molecule has 2 aliphatic rings. The van der Waals surface area contributed by atoms with Crippen LogP contribution in [0.25, 0.3) is 0 Å². The smallest absolute Gasteiger partial charge is 0.306 e. The molecule has 0 aliphatic heterocycles. The second-order valence-corrected chi connectivity index (χ2v) is 4.18. The predicted molar refractivity (Wildman–Crippen MR) is 41.5 cm³/mol. The van der Waals surface area contributed by atoms with E-state index in [1.54, 1.807) is 6.92 Å². The third-order valence-corrected chi connectivity index (χ3v) is 3.66. The standard InChI is InChI=1S/C9H12F2O2/c1-2-6-8(9(6,10)11)3-5(4-8)7(12)13/h5-6H,2-4H2,1H3,(H,12,13). The third kappa shape index (κ3) is 0.837. The molecule has 74 valence electrons. The molecule has 0 bridgehead atoms. The van der Waals surface area contributed by atoms with E-state index in [9.17, 15) is 13.6 Å². The van der Waals surface area contributed by atoms with Crippen LogP contribution in [0.4, 0.5) is 8.78 Å². The minimum Gasteiger partial charge on any atom is -0.481 e. The van der Waals surface area contributed by atoms with Crippen molar-refractivity contribution in [3.05, 3.63) is 0 Å². The zero-order valence-corrected chi connectivity index (χ0v) is 7.39. The first-order valence-electron chi connectivity index (χ1n) is 4.56. The molecule has 1 spiro atoms. The predicted octanol–water partition coefficient (Wildman–Crippen LogP) is 2.14. The summed E-state index contributed by atoms with van der Waals surface area (Å²) in [5, 5.41) is 8.58. The van der Waals surface area contributed by atoms with Crippen LogP contribution in [0.15, 0.2) is 0 Å². The highest BCUT2D eigenvalue weighted by Gasteiger charge is 2.83. The van der Waals surface area contributed by atoms with Crippen molar-refractivity contribution < 1.29 is 18.7 Å². The van der Waals surface area contributed by atoms with Crippen molar-refractivity contribution in [3.63, 3.8) is 0 Å². The van der Waals surface area contributed by atoms with Crippen molar-refractivity contribution in [2.24, 2.45) is 17.3 Å². The van der Waals surface area contributed by atoms with Gasteiger partial charge < -0.3 is 5.11 Å². The number of hydrogen-bond donors (Lipinski definition) is 1. The summed E-state index contributed by atoms with van der Waals surface area (Å²) in [4.78, 5) is 10.5. The maximum absolute atomic E-state index is 13.1. The van der Waals surface area contributed by atoms with Crippen molar-refractivity contribution in [3.8, 4) is 0 Å². The first-order valence-corrected chi connectivity index (χ1v) is 4.56. The van der Waals surface area contributed by atoms with Crippen molar-refractivity contribution >= 4 is 5.97 Å². The van der Waals surface area contributed by atoms with Gasteiger partial charge in [-0.3, -0.25) is 4.79 Å². The topological polar surface area (TPSA) is 37.3 Å². The normalized spacial score (nSPS) is 45.8. The lowest BCUT2D eigenvalue weighted by atomic mass is 9.70. The summed E-state index contributed by atoms with van der Waals surface area (Å²) < 4.78 is 26.3. The van der Waals surface area contributed by atoms with Crippen LogP contribution < -0.4 is 0 Å². The molecule has 0 radical (unpaired) electrons. The first kappa shape index (κ1) is 8.91. The number of halogens is 2. The van der Waals surface area contributed by atoms with Crippen LogP contribution in [0.1, 0.15) is 26.2 Å². The molecule has 2 fully saturated rings. The van der Waals surface area contributed by atoms with E-state index >= 15 is 0 Å². The summed E-state index contributed by atoms with van der Waals surface area (Å²) in [7, 11) is 0. The van der Waals surface area contributed by atoms with E-state index in [0.717, 1.165) is 0 Å². The Morgan fingerprint density at radius 3 is 2.38 bits per heavy atom. The van der Waals surface area contributed by atoms with E-state index in [0.29, 0.717) is 6.42 Å². The van der Waals surface area contributed by atoms with E-state index in [1.165, 1.54) is 0 Å². The summed E-state index contributed by atoms with van der Waals surface area (Å²) in [6.07, 6.45) is 0.807. The molecule has 2 aliphatic carbocycles. The molecule has 4 heteroatoms. The lowest BCUT2D eigenvalue weighted by Gasteiger charge is -2.33. The molecule has 0 aromatic rings. The number of carbonyl (C=O) groups is 1. The largest absolute Gasteiger partial charge is 0.481 e. The average molecular weight is 190 g/mol. The Labute approximate surface area is 74.9 Å². The van der Waals surface area contributed by atoms with Gasteiger partial charge in [0.2, 0.25) is 0 Å². The average Bonchev–Trinajstić information content (AvgIpc) is 2.42. The van der Waals surface area contributed by atoms with E-state index in [4.69, 9.17) is 5.11 Å². The Kier molecular flexibility index (Phi) is 1.52. The molecule has 0 aromatic heterocycles. The van der Waals surface area contributed by atoms with Gasteiger partial charge in [0, 0.05) is 11.3 Å². The number of hydrogen-bond acceptors (Lipinski definition) is 1. The van der Waals surface area contributed by atoms with E-state index in [1.807, 2.05) is 0 Å². The van der Waals surface area contributed by atoms with Crippen molar-refractivity contribution in [1.82, 2.24) is 0 Å². The summed E-state index contributed by atoms with van der Waals surface area (Å²) in [5.74, 6) is -4.60. The summed E-state index contributed by atoms with van der Waals surface area (Å²) >= 11 is 0. The highest BCUT2D eigenvalue weighted by molar-refractivity contribution is 5.72. The van der Waals surface area contributed by atoms with Gasteiger partial charge in [0.15, 0.2) is 0 Å². The van der Waals surface area contributed by atoms with Crippen LogP contribution in [-0.2, 0) is 4.79 Å². The fraction of sp³-hybridized carbons (Fsp3) is 0.889. The minimum absolute atomic E-state index is 0.174. The SMILES string of the molecule is CCC1C(F)(F)C12CC(C(=O)O)C2. The molecule has 0 aromatic carbocycles. The number of carboxylic acids is 1. The van der Waals surface area contributed by atoms with E-state index < -0.39 is 29.1 Å². The number of rotatable bonds is 2. The Bertz CT molecular complexity index is 256. The lowest BCUT2D eigenvalue weighted by molar-refractivity contribution is -0.149. The molecule has 1 atom stereocenters. The van der Waals surface area contributed by atoms with E-state index in [-0.39, 0.29) is 12.8 Å². The molecule has 13 heavy (non-hydrogen) atoms. The van der Waals surface area contributed by atoms with E-state index in [2.05, 4.69) is 0 Å². The van der Waals surface area contributed by atoms with Crippen molar-refractivity contribution in [1.29, 1.82) is 0 Å². The Morgan fingerprint density at radius 1 is 1.54 bits per heavy atom. The molecule has 0 saturated heterocycles. The van der Waals surface area contributed by atoms with Gasteiger partial charge in [-0.15, -0.1) is 0 Å². The molecule has 0 amide bonds. The van der Waals surface area contributed by atoms with Crippen LogP contribution in [0.2, 0.25) is 0 Å². The monoisotopic (exact) mass is 190 g/mol. The zero-order chi connectivity index (χ0) is 9.85. The van der Waals surface area contributed by atoms with Gasteiger partial charge in [-0.25, -0.2) is 8.78 Å². The van der Waals surface area contributed by atoms with Gasteiger partial charge in [-0.2, -0.15) is 0 Å². The van der Waals surface area contributed by atoms with Crippen LogP contribution in [-0.4, -0.2) is 17.0 Å². The quantitative estimate of drug-likeness (QED) is 0.724. The second-order valence-electron chi connectivity index (χ2n) is 4.18. The maximum Gasteiger partial charge on any atom is 0.306 e. The molecular formula is C9H12F2O2. The van der Waals surface area contributed by atoms with Gasteiger partial charge in [0.1, 0.15) is 0 Å². The van der Waals surface area contributed by atoms with Crippen molar-refractivity contribution in [2.45, 2.75) is 32.1 Å². The number of carboxylic acid groups (broad SMARTS) is 1. The van der Waals surface area contributed by atoms with Gasteiger partial charge in [-0.1, -0.05) is 6.92 Å². The van der Waals surface area contributed by atoms with Gasteiger partial charge in [0.25, 0.3) is 5.92 Å². The van der Waals surface area contributed by atoms with Gasteiger partial charge >= 0.3 is 5.97 Å². The Hall–Kier alpha value is -0.670. The molecule has 2 rings (SSSR count). The molecule has 1 N–H and O–H groups in total. The van der Waals surface area contributed by atoms with Gasteiger partial charge in [-0.05, 0) is 19.3 Å². The molecular weight excluding hydrogens is 178 g/mol. The number of aliphatic carboxylic acids is 1. The fourth-order valence-electron chi connectivity index (χ4n) is 2.79. The summed E-state index contributed by atoms with van der Waals surface area (Å²) in [6.45, 7) is 1.74. The van der Waals surface area contributed by atoms with Crippen LogP contribution >= 0.6 is 0 Å². The minimum atomic E-state index is -2.59. The maximum atomic E-state index is 13.1. The van der Waals surface area contributed by atoms with Gasteiger partial charge in [0.05, 0.1) is 5.92 Å². The molecule has 0 heterocycles. The van der Waals surface area contributed by atoms with Crippen LogP contribution in [0.3, 0.4) is 0 Å². The summed E-state index contributed by atoms with van der Waals surface area (Å²) in [5.41, 5.74) is -0.926. The first-order chi connectivity index (χ1) is 5.95. The summed E-state index contributed by atoms with van der Waals surface area (Å²) in [6, 6.07) is 0. The highest BCUT2D eigenvalue weighted by Crippen LogP contribution is 2.77. The lowest BCUT2D eigenvalue weighted by Crippen LogP contribution is -2.35. The zero-order valence-electron chi connectivity index (χ0n) is 7.39. The molecule has 2 saturated carbocycles. The molecule has 2 nitrogen and oxygen atoms in total. The Balaban J connectivity index is 2.03. The van der Waals surface area contributed by atoms with Crippen LogP contribution in [0.5, 0.6) is 0 Å². The third-order valence-electron chi connectivity index (χ3n) is 3.66.